The van der Waals surface area contributed by atoms with E-state index in [0.717, 1.165) is 19.4 Å². The van der Waals surface area contributed by atoms with Gasteiger partial charge in [0, 0.05) is 5.75 Å². The van der Waals surface area contributed by atoms with Crippen molar-refractivity contribution < 1.29 is 24.3 Å². The number of thiol groups is 1. The van der Waals surface area contributed by atoms with E-state index in [0.29, 0.717) is 6.42 Å². The average molecular weight is 403 g/mol. The molecular formula is C17H30N4O5S. The van der Waals surface area contributed by atoms with Gasteiger partial charge in [0.1, 0.15) is 18.1 Å². The van der Waals surface area contributed by atoms with E-state index in [9.17, 15) is 19.2 Å². The molecule has 1 rings (SSSR count). The van der Waals surface area contributed by atoms with Crippen LogP contribution in [0.3, 0.4) is 0 Å². The van der Waals surface area contributed by atoms with Gasteiger partial charge in [-0.1, -0.05) is 13.8 Å². The molecule has 1 fully saturated rings. The molecule has 1 heterocycles. The number of amides is 3. The van der Waals surface area contributed by atoms with E-state index in [4.69, 9.17) is 5.11 Å². The van der Waals surface area contributed by atoms with E-state index < -0.39 is 35.9 Å². The Hall–Kier alpha value is -1.81. The smallest absolute Gasteiger partial charge is 0.327 e. The van der Waals surface area contributed by atoms with E-state index in [1.807, 2.05) is 13.8 Å². The van der Waals surface area contributed by atoms with Crippen LogP contribution in [0.4, 0.5) is 0 Å². The lowest BCUT2D eigenvalue weighted by Crippen LogP contribution is -2.56. The van der Waals surface area contributed by atoms with Crippen LogP contribution in [0.25, 0.3) is 0 Å². The Balaban J connectivity index is 2.67. The summed E-state index contributed by atoms with van der Waals surface area (Å²) in [7, 11) is 0. The van der Waals surface area contributed by atoms with Crippen molar-refractivity contribution in [1.82, 2.24) is 21.3 Å². The molecule has 1 saturated heterocycles. The Kier molecular flexibility index (Phi) is 9.57. The summed E-state index contributed by atoms with van der Waals surface area (Å²) in [5.74, 6) is -2.51. The SMILES string of the molecule is CC(C)CC(NC(=O)C(C)NC(=O)C1CCCN1)C(=O)NC(CS)C(=O)O. The molecule has 3 amide bonds. The zero-order chi connectivity index (χ0) is 20.6. The summed E-state index contributed by atoms with van der Waals surface area (Å²) in [6, 6.07) is -3.16. The van der Waals surface area contributed by atoms with Crippen LogP contribution >= 0.6 is 12.6 Å². The normalized spacial score (nSPS) is 19.8. The molecular weight excluding hydrogens is 372 g/mol. The largest absolute Gasteiger partial charge is 0.480 e. The fourth-order valence-corrected chi connectivity index (χ4v) is 2.99. The van der Waals surface area contributed by atoms with Crippen LogP contribution in [0, 0.1) is 5.92 Å². The van der Waals surface area contributed by atoms with Gasteiger partial charge in [0.25, 0.3) is 0 Å². The molecule has 0 aliphatic carbocycles. The number of carboxylic acids is 1. The van der Waals surface area contributed by atoms with Gasteiger partial charge in [0.15, 0.2) is 0 Å². The third-order valence-corrected chi connectivity index (χ3v) is 4.63. The van der Waals surface area contributed by atoms with Crippen molar-refractivity contribution in [3.63, 3.8) is 0 Å². The molecule has 0 aromatic rings. The fraction of sp³-hybridized carbons (Fsp3) is 0.765. The summed E-state index contributed by atoms with van der Waals surface area (Å²) in [5.41, 5.74) is 0. The maximum absolute atomic E-state index is 12.4. The molecule has 0 radical (unpaired) electrons. The predicted molar refractivity (Wildman–Crippen MR) is 103 cm³/mol. The van der Waals surface area contributed by atoms with Crippen LogP contribution in [0.15, 0.2) is 0 Å². The fourth-order valence-electron chi connectivity index (χ4n) is 2.75. The Bertz CT molecular complexity index is 551. The Morgan fingerprint density at radius 1 is 1.07 bits per heavy atom. The molecule has 0 bridgehead atoms. The summed E-state index contributed by atoms with van der Waals surface area (Å²) < 4.78 is 0. The molecule has 10 heteroatoms. The summed E-state index contributed by atoms with van der Waals surface area (Å²) in [4.78, 5) is 48.0. The molecule has 4 unspecified atom stereocenters. The van der Waals surface area contributed by atoms with Gasteiger partial charge in [-0.2, -0.15) is 12.6 Å². The first-order chi connectivity index (χ1) is 12.6. The van der Waals surface area contributed by atoms with Crippen molar-refractivity contribution in [1.29, 1.82) is 0 Å². The van der Waals surface area contributed by atoms with Crippen molar-refractivity contribution in [3.8, 4) is 0 Å². The molecule has 0 saturated carbocycles. The second kappa shape index (κ2) is 11.1. The number of hydrogen-bond donors (Lipinski definition) is 6. The lowest BCUT2D eigenvalue weighted by Gasteiger charge is -2.24. The topological polar surface area (TPSA) is 137 Å². The minimum atomic E-state index is -1.20. The quantitative estimate of drug-likeness (QED) is 0.267. The third-order valence-electron chi connectivity index (χ3n) is 4.27. The molecule has 1 aliphatic heterocycles. The van der Waals surface area contributed by atoms with E-state index in [-0.39, 0.29) is 23.6 Å². The van der Waals surface area contributed by atoms with Crippen LogP contribution in [-0.2, 0) is 19.2 Å². The molecule has 0 spiro atoms. The number of carbonyl (C=O) groups is 4. The highest BCUT2D eigenvalue weighted by atomic mass is 32.1. The van der Waals surface area contributed by atoms with Crippen molar-refractivity contribution >= 4 is 36.3 Å². The van der Waals surface area contributed by atoms with Crippen molar-refractivity contribution in [2.45, 2.75) is 64.2 Å². The van der Waals surface area contributed by atoms with Crippen molar-refractivity contribution in [3.05, 3.63) is 0 Å². The maximum Gasteiger partial charge on any atom is 0.327 e. The van der Waals surface area contributed by atoms with E-state index in [2.05, 4.69) is 33.9 Å². The minimum absolute atomic E-state index is 0.0652. The van der Waals surface area contributed by atoms with Gasteiger partial charge in [-0.05, 0) is 38.6 Å². The first-order valence-electron chi connectivity index (χ1n) is 9.13. The molecule has 0 aromatic carbocycles. The van der Waals surface area contributed by atoms with Crippen LogP contribution < -0.4 is 21.3 Å². The Labute approximate surface area is 164 Å². The second-order valence-corrected chi connectivity index (χ2v) is 7.52. The lowest BCUT2D eigenvalue weighted by molar-refractivity contribution is -0.141. The zero-order valence-electron chi connectivity index (χ0n) is 15.9. The van der Waals surface area contributed by atoms with Gasteiger partial charge in [-0.15, -0.1) is 0 Å². The first-order valence-corrected chi connectivity index (χ1v) is 9.77. The van der Waals surface area contributed by atoms with Gasteiger partial charge >= 0.3 is 5.97 Å². The number of aliphatic carboxylic acids is 1. The molecule has 154 valence electrons. The molecule has 5 N–H and O–H groups in total. The standard InChI is InChI=1S/C17H30N4O5S/c1-9(2)7-12(16(24)21-13(8-27)17(25)26)20-14(22)10(3)19-15(23)11-5-4-6-18-11/h9-13,18,27H,4-8H2,1-3H3,(H,19,23)(H,20,22)(H,21,24)(H,25,26). The number of carbonyl (C=O) groups excluding carboxylic acids is 3. The predicted octanol–water partition coefficient (Wildman–Crippen LogP) is -0.727. The van der Waals surface area contributed by atoms with E-state index in [1.54, 1.807) is 6.92 Å². The number of rotatable bonds is 10. The van der Waals surface area contributed by atoms with E-state index in [1.165, 1.54) is 0 Å². The highest BCUT2D eigenvalue weighted by Crippen LogP contribution is 2.07. The Morgan fingerprint density at radius 3 is 2.19 bits per heavy atom. The van der Waals surface area contributed by atoms with Gasteiger partial charge in [0.05, 0.1) is 6.04 Å². The summed E-state index contributed by atoms with van der Waals surface area (Å²) >= 11 is 3.91. The maximum atomic E-state index is 12.4. The minimum Gasteiger partial charge on any atom is -0.480 e. The van der Waals surface area contributed by atoms with Crippen LogP contribution in [0.5, 0.6) is 0 Å². The number of carboxylic acid groups (broad SMARTS) is 1. The Morgan fingerprint density at radius 2 is 1.70 bits per heavy atom. The summed E-state index contributed by atoms with van der Waals surface area (Å²) in [6.07, 6.45) is 1.96. The monoisotopic (exact) mass is 402 g/mol. The van der Waals surface area contributed by atoms with Crippen LogP contribution in [0.1, 0.15) is 40.0 Å². The number of nitrogens with one attached hydrogen (secondary N) is 4. The highest BCUT2D eigenvalue weighted by molar-refractivity contribution is 7.80. The van der Waals surface area contributed by atoms with Gasteiger partial charge in [-0.25, -0.2) is 4.79 Å². The van der Waals surface area contributed by atoms with Crippen molar-refractivity contribution in [2.24, 2.45) is 5.92 Å². The number of hydrogen-bond acceptors (Lipinski definition) is 6. The summed E-state index contributed by atoms with van der Waals surface area (Å²) in [6.45, 7) is 6.08. The second-order valence-electron chi connectivity index (χ2n) is 7.15. The zero-order valence-corrected chi connectivity index (χ0v) is 16.8. The molecule has 0 aromatic heterocycles. The van der Waals surface area contributed by atoms with Gasteiger partial charge in [0.2, 0.25) is 17.7 Å². The van der Waals surface area contributed by atoms with Crippen LogP contribution in [0.2, 0.25) is 0 Å². The third kappa shape index (κ3) is 7.76. The lowest BCUT2D eigenvalue weighted by atomic mass is 10.0. The highest BCUT2D eigenvalue weighted by Gasteiger charge is 2.29. The first kappa shape index (κ1) is 23.2. The molecule has 4 atom stereocenters. The van der Waals surface area contributed by atoms with Crippen LogP contribution in [-0.4, -0.2) is 65.3 Å². The van der Waals surface area contributed by atoms with Crippen molar-refractivity contribution in [2.75, 3.05) is 12.3 Å². The summed E-state index contributed by atoms with van der Waals surface area (Å²) in [5, 5.41) is 19.7. The van der Waals surface area contributed by atoms with E-state index >= 15 is 0 Å². The van der Waals surface area contributed by atoms with Gasteiger partial charge in [-0.3, -0.25) is 14.4 Å². The molecule has 1 aliphatic rings. The molecule has 9 nitrogen and oxygen atoms in total. The molecule has 27 heavy (non-hydrogen) atoms. The van der Waals surface area contributed by atoms with Gasteiger partial charge < -0.3 is 26.4 Å². The average Bonchev–Trinajstić information content (AvgIpc) is 3.12.